The van der Waals surface area contributed by atoms with E-state index in [0.717, 1.165) is 0 Å². The summed E-state index contributed by atoms with van der Waals surface area (Å²) in [6.07, 6.45) is 0.699. The Hall–Kier alpha value is -1.92. The van der Waals surface area contributed by atoms with Crippen molar-refractivity contribution in [3.8, 4) is 0 Å². The molecule has 0 aromatic carbocycles. The van der Waals surface area contributed by atoms with Crippen LogP contribution in [0.4, 0.5) is 0 Å². The minimum absolute atomic E-state index is 0.0320. The molecule has 7 nitrogen and oxygen atoms in total. The van der Waals surface area contributed by atoms with Crippen molar-refractivity contribution in [2.24, 2.45) is 5.92 Å². The lowest BCUT2D eigenvalue weighted by molar-refractivity contribution is -0.123. The molecule has 0 saturated heterocycles. The van der Waals surface area contributed by atoms with Crippen molar-refractivity contribution >= 4 is 11.8 Å². The van der Waals surface area contributed by atoms with Crippen LogP contribution in [0.5, 0.6) is 0 Å². The van der Waals surface area contributed by atoms with Gasteiger partial charge >= 0.3 is 0 Å². The SMILES string of the molecule is CCc1nc(C(=O)NCCNC(=O)C(C)C)n[nH]1. The number of aromatic amines is 1. The molecule has 0 aliphatic rings. The molecular formula is C11H19N5O2. The summed E-state index contributed by atoms with van der Waals surface area (Å²) < 4.78 is 0. The van der Waals surface area contributed by atoms with Gasteiger partial charge in [-0.15, -0.1) is 5.10 Å². The number of rotatable bonds is 6. The van der Waals surface area contributed by atoms with E-state index in [1.165, 1.54) is 0 Å². The van der Waals surface area contributed by atoms with Crippen LogP contribution in [0.1, 0.15) is 37.2 Å². The highest BCUT2D eigenvalue weighted by molar-refractivity contribution is 5.90. The number of carbonyl (C=O) groups is 2. The second kappa shape index (κ2) is 6.73. The van der Waals surface area contributed by atoms with E-state index >= 15 is 0 Å². The highest BCUT2D eigenvalue weighted by Crippen LogP contribution is 1.93. The van der Waals surface area contributed by atoms with Gasteiger partial charge in [0.05, 0.1) is 0 Å². The summed E-state index contributed by atoms with van der Waals surface area (Å²) in [6, 6.07) is 0. The lowest BCUT2D eigenvalue weighted by Crippen LogP contribution is -2.36. The van der Waals surface area contributed by atoms with Gasteiger partial charge in [-0.2, -0.15) is 0 Å². The average Bonchev–Trinajstić information content (AvgIpc) is 2.82. The largest absolute Gasteiger partial charge is 0.354 e. The first kappa shape index (κ1) is 14.1. The van der Waals surface area contributed by atoms with E-state index in [-0.39, 0.29) is 23.6 Å². The predicted octanol–water partition coefficient (Wildman–Crippen LogP) is -0.131. The van der Waals surface area contributed by atoms with Crippen LogP contribution in [0, 0.1) is 5.92 Å². The normalized spacial score (nSPS) is 10.4. The van der Waals surface area contributed by atoms with Crippen molar-refractivity contribution in [3.63, 3.8) is 0 Å². The molecule has 0 spiro atoms. The molecule has 0 radical (unpaired) electrons. The zero-order chi connectivity index (χ0) is 13.5. The number of amides is 2. The summed E-state index contributed by atoms with van der Waals surface area (Å²) in [5, 5.41) is 11.8. The molecule has 7 heteroatoms. The van der Waals surface area contributed by atoms with Crippen molar-refractivity contribution in [1.29, 1.82) is 0 Å². The lowest BCUT2D eigenvalue weighted by Gasteiger charge is -2.07. The van der Waals surface area contributed by atoms with Gasteiger partial charge in [-0.25, -0.2) is 4.98 Å². The molecule has 1 aromatic rings. The molecular weight excluding hydrogens is 234 g/mol. The topological polar surface area (TPSA) is 99.8 Å². The first-order valence-electron chi connectivity index (χ1n) is 6.01. The Morgan fingerprint density at radius 1 is 1.28 bits per heavy atom. The molecule has 0 bridgehead atoms. The first-order chi connectivity index (χ1) is 8.54. The van der Waals surface area contributed by atoms with Crippen molar-refractivity contribution in [2.75, 3.05) is 13.1 Å². The third-order valence-electron chi connectivity index (χ3n) is 2.30. The Morgan fingerprint density at radius 2 is 1.94 bits per heavy atom. The molecule has 1 heterocycles. The van der Waals surface area contributed by atoms with Crippen LogP contribution in [0.25, 0.3) is 0 Å². The smallest absolute Gasteiger partial charge is 0.291 e. The molecule has 2 amide bonds. The summed E-state index contributed by atoms with van der Waals surface area (Å²) in [6.45, 7) is 6.30. The average molecular weight is 253 g/mol. The summed E-state index contributed by atoms with van der Waals surface area (Å²) in [5.41, 5.74) is 0. The van der Waals surface area contributed by atoms with Gasteiger partial charge in [0.1, 0.15) is 5.82 Å². The molecule has 0 atom stereocenters. The fourth-order valence-electron chi connectivity index (χ4n) is 1.20. The molecule has 1 rings (SSSR count). The molecule has 3 N–H and O–H groups in total. The van der Waals surface area contributed by atoms with Crippen LogP contribution in [0.2, 0.25) is 0 Å². The van der Waals surface area contributed by atoms with Crippen molar-refractivity contribution in [2.45, 2.75) is 27.2 Å². The van der Waals surface area contributed by atoms with Gasteiger partial charge in [-0.05, 0) is 0 Å². The number of carbonyl (C=O) groups excluding carboxylic acids is 2. The van der Waals surface area contributed by atoms with Crippen LogP contribution in [0.3, 0.4) is 0 Å². The fraction of sp³-hybridized carbons (Fsp3) is 0.636. The Balaban J connectivity index is 2.27. The van der Waals surface area contributed by atoms with Gasteiger partial charge in [-0.3, -0.25) is 14.7 Å². The standard InChI is InChI=1S/C11H19N5O2/c1-4-8-14-9(16-15-8)11(18)13-6-5-12-10(17)7(2)3/h7H,4-6H2,1-3H3,(H,12,17)(H,13,18)(H,14,15,16). The minimum atomic E-state index is -0.343. The summed E-state index contributed by atoms with van der Waals surface area (Å²) in [4.78, 5) is 26.8. The predicted molar refractivity (Wildman–Crippen MR) is 65.9 cm³/mol. The number of aromatic nitrogens is 3. The molecule has 0 unspecified atom stereocenters. The lowest BCUT2D eigenvalue weighted by atomic mass is 10.2. The zero-order valence-corrected chi connectivity index (χ0v) is 10.9. The highest BCUT2D eigenvalue weighted by Gasteiger charge is 2.11. The molecule has 0 aliphatic carbocycles. The van der Waals surface area contributed by atoms with Crippen molar-refractivity contribution in [1.82, 2.24) is 25.8 Å². The molecule has 18 heavy (non-hydrogen) atoms. The van der Waals surface area contributed by atoms with Gasteiger partial charge in [-0.1, -0.05) is 20.8 Å². The van der Waals surface area contributed by atoms with Crippen molar-refractivity contribution < 1.29 is 9.59 Å². The Labute approximate surface area is 106 Å². The second-order valence-electron chi connectivity index (χ2n) is 4.16. The number of aryl methyl sites for hydroxylation is 1. The number of hydrogen-bond acceptors (Lipinski definition) is 4. The fourth-order valence-corrected chi connectivity index (χ4v) is 1.20. The van der Waals surface area contributed by atoms with Crippen molar-refractivity contribution in [3.05, 3.63) is 11.6 Å². The van der Waals surface area contributed by atoms with E-state index in [0.29, 0.717) is 25.3 Å². The van der Waals surface area contributed by atoms with Crippen LogP contribution >= 0.6 is 0 Å². The van der Waals surface area contributed by atoms with E-state index in [9.17, 15) is 9.59 Å². The Morgan fingerprint density at radius 3 is 2.50 bits per heavy atom. The first-order valence-corrected chi connectivity index (χ1v) is 6.01. The monoisotopic (exact) mass is 253 g/mol. The third-order valence-corrected chi connectivity index (χ3v) is 2.30. The van der Waals surface area contributed by atoms with E-state index in [4.69, 9.17) is 0 Å². The Bertz CT molecular complexity index is 413. The zero-order valence-electron chi connectivity index (χ0n) is 10.9. The van der Waals surface area contributed by atoms with E-state index in [2.05, 4.69) is 25.8 Å². The van der Waals surface area contributed by atoms with E-state index in [1.54, 1.807) is 0 Å². The number of nitrogens with zero attached hydrogens (tertiary/aromatic N) is 2. The van der Waals surface area contributed by atoms with Gasteiger partial charge in [0.15, 0.2) is 0 Å². The van der Waals surface area contributed by atoms with Crippen LogP contribution < -0.4 is 10.6 Å². The van der Waals surface area contributed by atoms with Crippen LogP contribution in [-0.2, 0) is 11.2 Å². The van der Waals surface area contributed by atoms with Crippen LogP contribution in [0.15, 0.2) is 0 Å². The molecule has 0 fully saturated rings. The Kier molecular flexibility index (Phi) is 5.29. The van der Waals surface area contributed by atoms with Gasteiger partial charge < -0.3 is 10.6 Å². The van der Waals surface area contributed by atoms with Crippen LogP contribution in [-0.4, -0.2) is 40.1 Å². The van der Waals surface area contributed by atoms with E-state index < -0.39 is 0 Å². The quantitative estimate of drug-likeness (QED) is 0.615. The van der Waals surface area contributed by atoms with Gasteiger partial charge in [0, 0.05) is 25.4 Å². The molecule has 100 valence electrons. The molecule has 1 aromatic heterocycles. The number of nitrogens with one attached hydrogen (secondary N) is 3. The van der Waals surface area contributed by atoms with Gasteiger partial charge in [0.25, 0.3) is 5.91 Å². The summed E-state index contributed by atoms with van der Waals surface area (Å²) >= 11 is 0. The number of hydrogen-bond donors (Lipinski definition) is 3. The summed E-state index contributed by atoms with van der Waals surface area (Å²) in [5.74, 6) is 0.372. The third kappa shape index (κ3) is 4.15. The second-order valence-corrected chi connectivity index (χ2v) is 4.16. The summed E-state index contributed by atoms with van der Waals surface area (Å²) in [7, 11) is 0. The maximum atomic E-state index is 11.6. The maximum absolute atomic E-state index is 11.6. The molecule has 0 saturated carbocycles. The maximum Gasteiger partial charge on any atom is 0.291 e. The van der Waals surface area contributed by atoms with Gasteiger partial charge in [0.2, 0.25) is 11.7 Å². The number of H-pyrrole nitrogens is 1. The van der Waals surface area contributed by atoms with E-state index in [1.807, 2.05) is 20.8 Å². The highest BCUT2D eigenvalue weighted by atomic mass is 16.2. The molecule has 0 aliphatic heterocycles. The minimum Gasteiger partial charge on any atom is -0.354 e.